The maximum Gasteiger partial charge on any atom is 0.0587 e. The lowest BCUT2D eigenvalue weighted by molar-refractivity contribution is 0.198. The number of rotatable bonds is 8. The molecule has 16 heavy (non-hydrogen) atoms. The van der Waals surface area contributed by atoms with Crippen LogP contribution in [0.5, 0.6) is 0 Å². The molecule has 4 heteroatoms. The van der Waals surface area contributed by atoms with Crippen molar-refractivity contribution in [3.05, 3.63) is 20.8 Å². The highest BCUT2D eigenvalue weighted by molar-refractivity contribution is 9.10. The van der Waals surface area contributed by atoms with Gasteiger partial charge in [0.2, 0.25) is 0 Å². The molecule has 1 aromatic rings. The second kappa shape index (κ2) is 8.23. The average Bonchev–Trinajstić information content (AvgIpc) is 2.67. The average molecular weight is 306 g/mol. The molecule has 92 valence electrons. The maximum absolute atomic E-state index is 4.99. The molecular formula is C12H20BrNOS. The molecule has 1 N–H and O–H groups in total. The highest BCUT2D eigenvalue weighted by Crippen LogP contribution is 2.24. The first-order valence-electron chi connectivity index (χ1n) is 5.65. The van der Waals surface area contributed by atoms with E-state index >= 15 is 0 Å². The first-order valence-corrected chi connectivity index (χ1v) is 7.32. The van der Waals surface area contributed by atoms with Crippen LogP contribution in [0.15, 0.2) is 15.9 Å². The van der Waals surface area contributed by atoms with Crippen LogP contribution in [0.4, 0.5) is 0 Å². The molecule has 0 bridgehead atoms. The lowest BCUT2D eigenvalue weighted by Gasteiger charge is -2.11. The standard InChI is InChI=1S/C12H20BrNOS/c1-10(9-14-6-7-15-2)3-4-12-11(13)5-8-16-12/h5,8,10,14H,3-4,6-7,9H2,1-2H3. The van der Waals surface area contributed by atoms with Crippen LogP contribution in [-0.2, 0) is 11.2 Å². The Hall–Kier alpha value is 0.100. The molecule has 0 aliphatic heterocycles. The summed E-state index contributed by atoms with van der Waals surface area (Å²) in [5.74, 6) is 0.714. The number of hydrogen-bond donors (Lipinski definition) is 1. The molecule has 0 aliphatic rings. The summed E-state index contributed by atoms with van der Waals surface area (Å²) in [7, 11) is 1.74. The van der Waals surface area contributed by atoms with Gasteiger partial charge in [0.05, 0.1) is 6.61 Å². The zero-order chi connectivity index (χ0) is 11.8. The van der Waals surface area contributed by atoms with Crippen LogP contribution in [0.3, 0.4) is 0 Å². The third kappa shape index (κ3) is 5.43. The van der Waals surface area contributed by atoms with E-state index in [0.29, 0.717) is 5.92 Å². The minimum atomic E-state index is 0.714. The number of ether oxygens (including phenoxy) is 1. The number of halogens is 1. The second-order valence-corrected chi connectivity index (χ2v) is 5.89. The van der Waals surface area contributed by atoms with Gasteiger partial charge in [-0.25, -0.2) is 0 Å². The van der Waals surface area contributed by atoms with Gasteiger partial charge in [-0.15, -0.1) is 11.3 Å². The van der Waals surface area contributed by atoms with Gasteiger partial charge in [0.15, 0.2) is 0 Å². The SMILES string of the molecule is COCCNCC(C)CCc1sccc1Br. The fourth-order valence-corrected chi connectivity index (χ4v) is 3.08. The molecule has 0 radical (unpaired) electrons. The topological polar surface area (TPSA) is 21.3 Å². The van der Waals surface area contributed by atoms with Crippen molar-refractivity contribution < 1.29 is 4.74 Å². The van der Waals surface area contributed by atoms with Crippen LogP contribution >= 0.6 is 27.3 Å². The zero-order valence-corrected chi connectivity index (χ0v) is 12.4. The van der Waals surface area contributed by atoms with Gasteiger partial charge in [-0.05, 0) is 52.7 Å². The number of hydrogen-bond acceptors (Lipinski definition) is 3. The molecule has 2 nitrogen and oxygen atoms in total. The predicted molar refractivity (Wildman–Crippen MR) is 74.2 cm³/mol. The maximum atomic E-state index is 4.99. The lowest BCUT2D eigenvalue weighted by atomic mass is 10.1. The van der Waals surface area contributed by atoms with Crippen LogP contribution in [0.2, 0.25) is 0 Å². The molecule has 0 fully saturated rings. The quantitative estimate of drug-likeness (QED) is 0.744. The monoisotopic (exact) mass is 305 g/mol. The van der Waals surface area contributed by atoms with Gasteiger partial charge < -0.3 is 10.1 Å². The van der Waals surface area contributed by atoms with E-state index in [1.165, 1.54) is 22.2 Å². The van der Waals surface area contributed by atoms with Crippen molar-refractivity contribution in [2.45, 2.75) is 19.8 Å². The zero-order valence-electron chi connectivity index (χ0n) is 9.96. The number of nitrogens with one attached hydrogen (secondary N) is 1. The van der Waals surface area contributed by atoms with Crippen molar-refractivity contribution in [1.29, 1.82) is 0 Å². The van der Waals surface area contributed by atoms with E-state index < -0.39 is 0 Å². The highest BCUT2D eigenvalue weighted by Gasteiger charge is 2.05. The number of methoxy groups -OCH3 is 1. The summed E-state index contributed by atoms with van der Waals surface area (Å²) in [6, 6.07) is 2.13. The highest BCUT2D eigenvalue weighted by atomic mass is 79.9. The van der Waals surface area contributed by atoms with Crippen LogP contribution in [-0.4, -0.2) is 26.8 Å². The normalized spacial score (nSPS) is 12.9. The van der Waals surface area contributed by atoms with Gasteiger partial charge >= 0.3 is 0 Å². The molecule has 1 atom stereocenters. The van der Waals surface area contributed by atoms with Crippen molar-refractivity contribution in [3.8, 4) is 0 Å². The largest absolute Gasteiger partial charge is 0.383 e. The van der Waals surface area contributed by atoms with Gasteiger partial charge in [-0.3, -0.25) is 0 Å². The van der Waals surface area contributed by atoms with Gasteiger partial charge in [0, 0.05) is 23.0 Å². The van der Waals surface area contributed by atoms with Crippen molar-refractivity contribution in [3.63, 3.8) is 0 Å². The fraction of sp³-hybridized carbons (Fsp3) is 0.667. The molecule has 1 aromatic heterocycles. The molecule has 0 saturated carbocycles. The summed E-state index contributed by atoms with van der Waals surface area (Å²) in [6.45, 7) is 5.11. The molecular weight excluding hydrogens is 286 g/mol. The van der Waals surface area contributed by atoms with Gasteiger partial charge in [-0.1, -0.05) is 6.92 Å². The van der Waals surface area contributed by atoms with Crippen molar-refractivity contribution in [2.75, 3.05) is 26.8 Å². The first kappa shape index (κ1) is 14.2. The molecule has 0 spiro atoms. The third-order valence-electron chi connectivity index (χ3n) is 2.53. The van der Waals surface area contributed by atoms with Crippen LogP contribution in [0, 0.1) is 5.92 Å². The van der Waals surface area contributed by atoms with Crippen molar-refractivity contribution in [1.82, 2.24) is 5.32 Å². The Morgan fingerprint density at radius 3 is 3.00 bits per heavy atom. The van der Waals surface area contributed by atoms with Crippen LogP contribution in [0.1, 0.15) is 18.2 Å². The van der Waals surface area contributed by atoms with E-state index in [-0.39, 0.29) is 0 Å². The first-order chi connectivity index (χ1) is 7.74. The molecule has 1 rings (SSSR count). The number of thiophene rings is 1. The lowest BCUT2D eigenvalue weighted by Crippen LogP contribution is -2.25. The predicted octanol–water partition coefficient (Wildman–Crippen LogP) is 3.32. The molecule has 1 heterocycles. The van der Waals surface area contributed by atoms with E-state index in [1.807, 2.05) is 11.3 Å². The molecule has 0 amide bonds. The van der Waals surface area contributed by atoms with E-state index in [9.17, 15) is 0 Å². The van der Waals surface area contributed by atoms with E-state index in [1.54, 1.807) is 7.11 Å². The summed E-state index contributed by atoms with van der Waals surface area (Å²) >= 11 is 5.40. The molecule has 0 saturated heterocycles. The second-order valence-electron chi connectivity index (χ2n) is 4.03. The fourth-order valence-electron chi connectivity index (χ4n) is 1.51. The Morgan fingerprint density at radius 1 is 1.56 bits per heavy atom. The van der Waals surface area contributed by atoms with Crippen LogP contribution in [0.25, 0.3) is 0 Å². The van der Waals surface area contributed by atoms with Gasteiger partial charge in [0.1, 0.15) is 0 Å². The Kier molecular flexibility index (Phi) is 7.28. The Labute approximate surface area is 111 Å². The molecule has 0 aliphatic carbocycles. The minimum absolute atomic E-state index is 0.714. The summed E-state index contributed by atoms with van der Waals surface area (Å²) in [5.41, 5.74) is 0. The van der Waals surface area contributed by atoms with Crippen LogP contribution < -0.4 is 5.32 Å². The van der Waals surface area contributed by atoms with Gasteiger partial charge in [0.25, 0.3) is 0 Å². The van der Waals surface area contributed by atoms with E-state index in [2.05, 4.69) is 39.6 Å². The Balaban J connectivity index is 2.10. The van der Waals surface area contributed by atoms with E-state index in [4.69, 9.17) is 4.74 Å². The van der Waals surface area contributed by atoms with E-state index in [0.717, 1.165) is 19.7 Å². The van der Waals surface area contributed by atoms with Gasteiger partial charge in [-0.2, -0.15) is 0 Å². The summed E-state index contributed by atoms with van der Waals surface area (Å²) in [6.07, 6.45) is 2.41. The summed E-state index contributed by atoms with van der Waals surface area (Å²) in [4.78, 5) is 1.46. The molecule has 0 aromatic carbocycles. The van der Waals surface area contributed by atoms with Crippen molar-refractivity contribution >= 4 is 27.3 Å². The third-order valence-corrected chi connectivity index (χ3v) is 4.52. The number of aryl methyl sites for hydroxylation is 1. The summed E-state index contributed by atoms with van der Waals surface area (Å²) in [5, 5.41) is 5.54. The van der Waals surface area contributed by atoms with Crippen molar-refractivity contribution in [2.24, 2.45) is 5.92 Å². The smallest absolute Gasteiger partial charge is 0.0587 e. The Morgan fingerprint density at radius 2 is 2.38 bits per heavy atom. The minimum Gasteiger partial charge on any atom is -0.383 e. The summed E-state index contributed by atoms with van der Waals surface area (Å²) < 4.78 is 6.25. The Bertz CT molecular complexity index is 290. The molecule has 1 unspecified atom stereocenters.